The lowest BCUT2D eigenvalue weighted by atomic mass is 9.98. The van der Waals surface area contributed by atoms with Crippen molar-refractivity contribution < 1.29 is 18.3 Å². The summed E-state index contributed by atoms with van der Waals surface area (Å²) in [6, 6.07) is 9.69. The maximum Gasteiger partial charge on any atom is 0.137 e. The molecule has 5 heterocycles. The van der Waals surface area contributed by atoms with Gasteiger partial charge in [0.1, 0.15) is 11.6 Å². The van der Waals surface area contributed by atoms with Crippen molar-refractivity contribution in [2.75, 3.05) is 31.7 Å². The number of rotatable bonds is 5. The topological polar surface area (TPSA) is 69.2 Å². The van der Waals surface area contributed by atoms with E-state index in [4.69, 9.17) is 14.5 Å². The Morgan fingerprint density at radius 3 is 2.39 bits per heavy atom. The Morgan fingerprint density at radius 2 is 1.68 bits per heavy atom. The molecule has 6 nitrogen and oxygen atoms in total. The van der Waals surface area contributed by atoms with E-state index in [0.717, 1.165) is 40.6 Å². The van der Waals surface area contributed by atoms with Crippen LogP contribution in [0.15, 0.2) is 60.9 Å². The molecule has 0 radical (unpaired) electrons. The molecule has 1 aromatic carbocycles. The number of pyridine rings is 3. The van der Waals surface area contributed by atoms with Crippen LogP contribution in [0.3, 0.4) is 0 Å². The lowest BCUT2D eigenvalue weighted by Gasteiger charge is -2.22. The van der Waals surface area contributed by atoms with Gasteiger partial charge in [-0.2, -0.15) is 0 Å². The van der Waals surface area contributed by atoms with Crippen molar-refractivity contribution >= 4 is 33.4 Å². The summed E-state index contributed by atoms with van der Waals surface area (Å²) in [6.07, 6.45) is 9.13. The van der Waals surface area contributed by atoms with Gasteiger partial charge in [0, 0.05) is 30.1 Å². The Balaban J connectivity index is 1.56. The van der Waals surface area contributed by atoms with Crippen molar-refractivity contribution in [3.05, 3.63) is 89.4 Å². The van der Waals surface area contributed by atoms with Gasteiger partial charge in [-0.15, -0.1) is 0 Å². The maximum atomic E-state index is 15.3. The Hall–Kier alpha value is -4.01. The van der Waals surface area contributed by atoms with E-state index in [-0.39, 0.29) is 10.9 Å². The van der Waals surface area contributed by atoms with Crippen molar-refractivity contribution in [3.63, 3.8) is 0 Å². The van der Waals surface area contributed by atoms with Gasteiger partial charge >= 0.3 is 0 Å². The summed E-state index contributed by atoms with van der Waals surface area (Å²) in [4.78, 5) is 13.9. The summed E-state index contributed by atoms with van der Waals surface area (Å²) in [5, 5.41) is 3.71. The predicted octanol–water partition coefficient (Wildman–Crippen LogP) is 6.63. The van der Waals surface area contributed by atoms with Gasteiger partial charge in [-0.25, -0.2) is 13.8 Å². The molecular weight excluding hydrogens is 486 g/mol. The fourth-order valence-electron chi connectivity index (χ4n) is 4.97. The average Bonchev–Trinajstić information content (AvgIpc) is 2.95. The van der Waals surface area contributed by atoms with Crippen LogP contribution in [-0.4, -0.2) is 41.4 Å². The molecule has 3 aromatic heterocycles. The molecule has 2 aliphatic rings. The second kappa shape index (κ2) is 10.4. The van der Waals surface area contributed by atoms with Crippen molar-refractivity contribution in [1.29, 1.82) is 0 Å². The minimum atomic E-state index is -0.688. The summed E-state index contributed by atoms with van der Waals surface area (Å²) < 4.78 is 40.6. The number of ether oxygens (including phenoxy) is 2. The molecule has 38 heavy (non-hydrogen) atoms. The molecule has 8 heteroatoms. The first-order valence-electron chi connectivity index (χ1n) is 12.6. The number of benzene rings is 1. The first-order valence-corrected chi connectivity index (χ1v) is 12.6. The van der Waals surface area contributed by atoms with Crippen molar-refractivity contribution in [1.82, 2.24) is 15.0 Å². The van der Waals surface area contributed by atoms with Gasteiger partial charge in [0.05, 0.1) is 65.8 Å². The highest BCUT2D eigenvalue weighted by atomic mass is 19.1. The first kappa shape index (κ1) is 24.3. The van der Waals surface area contributed by atoms with E-state index in [1.165, 1.54) is 6.07 Å². The number of anilines is 2. The smallest absolute Gasteiger partial charge is 0.137 e. The van der Waals surface area contributed by atoms with Crippen molar-refractivity contribution in [3.8, 4) is 11.4 Å². The van der Waals surface area contributed by atoms with E-state index in [1.807, 2.05) is 43.5 Å². The molecule has 0 amide bonds. The number of nitrogens with one attached hydrogen (secondary N) is 1. The lowest BCUT2D eigenvalue weighted by molar-refractivity contribution is 0.161. The molecule has 1 N–H and O–H groups in total. The molecule has 0 aliphatic carbocycles. The normalized spacial score (nSPS) is 15.8. The summed E-state index contributed by atoms with van der Waals surface area (Å²) in [5.41, 5.74) is 7.26. The third kappa shape index (κ3) is 4.68. The zero-order valence-electron chi connectivity index (χ0n) is 20.9. The first-order chi connectivity index (χ1) is 18.6. The molecular formula is C30H26F2N4O2. The van der Waals surface area contributed by atoms with Crippen molar-refractivity contribution in [2.45, 2.75) is 19.8 Å². The molecule has 0 saturated carbocycles. The van der Waals surface area contributed by atoms with Gasteiger partial charge in [-0.1, -0.05) is 18.2 Å². The molecule has 0 atom stereocenters. The second-order valence-electron chi connectivity index (χ2n) is 9.31. The van der Waals surface area contributed by atoms with Crippen LogP contribution >= 0.6 is 0 Å². The Labute approximate surface area is 219 Å². The Bertz CT molecular complexity index is 1580. The number of hydrogen-bond donors (Lipinski definition) is 1. The van der Waals surface area contributed by atoms with Crippen LogP contribution in [-0.2, 0) is 9.47 Å². The standard InChI is InChI=1S/C30H26F2N4O2/c1-18-28(24-4-2-3-9-33-24)35-25-16-22(31)15-23(32)27(25)29(18)36-26-14-21(19-5-10-37-11-6-19)17-34-30(26)20-7-12-38-13-8-20/h2-5,7,9,14-17H,6,8,10-13H2,1H3,(H,35,36). The number of fused-ring (bicyclic) bond motifs is 1. The van der Waals surface area contributed by atoms with Crippen LogP contribution in [0.2, 0.25) is 0 Å². The number of nitrogens with zero attached hydrogens (tertiary/aromatic N) is 3. The van der Waals surface area contributed by atoms with Crippen molar-refractivity contribution in [2.24, 2.45) is 0 Å². The van der Waals surface area contributed by atoms with E-state index < -0.39 is 11.6 Å². The van der Waals surface area contributed by atoms with Crippen LogP contribution in [0.1, 0.15) is 29.7 Å². The van der Waals surface area contributed by atoms with E-state index in [0.29, 0.717) is 55.5 Å². The zero-order chi connectivity index (χ0) is 26.1. The molecule has 0 bridgehead atoms. The molecule has 4 aromatic rings. The highest BCUT2D eigenvalue weighted by Gasteiger charge is 2.21. The predicted molar refractivity (Wildman–Crippen MR) is 144 cm³/mol. The Morgan fingerprint density at radius 1 is 0.895 bits per heavy atom. The minimum absolute atomic E-state index is 0.208. The van der Waals surface area contributed by atoms with E-state index in [9.17, 15) is 4.39 Å². The van der Waals surface area contributed by atoms with Gasteiger partial charge in [-0.05, 0) is 54.7 Å². The molecule has 0 unspecified atom stereocenters. The minimum Gasteiger partial charge on any atom is -0.377 e. The van der Waals surface area contributed by atoms with Crippen LogP contribution in [0, 0.1) is 18.6 Å². The van der Waals surface area contributed by atoms with Crippen LogP contribution in [0.5, 0.6) is 0 Å². The summed E-state index contributed by atoms with van der Waals surface area (Å²) in [5.74, 6) is -1.37. The lowest BCUT2D eigenvalue weighted by Crippen LogP contribution is -2.10. The van der Waals surface area contributed by atoms with Crippen LogP contribution < -0.4 is 5.32 Å². The second-order valence-corrected chi connectivity index (χ2v) is 9.31. The van der Waals surface area contributed by atoms with E-state index in [2.05, 4.69) is 21.4 Å². The molecule has 2 aliphatic heterocycles. The van der Waals surface area contributed by atoms with E-state index >= 15 is 4.39 Å². The molecule has 0 spiro atoms. The summed E-state index contributed by atoms with van der Waals surface area (Å²) in [6.45, 7) is 4.19. The van der Waals surface area contributed by atoms with Gasteiger partial charge in [0.2, 0.25) is 0 Å². The highest BCUT2D eigenvalue weighted by molar-refractivity contribution is 5.99. The summed E-state index contributed by atoms with van der Waals surface area (Å²) in [7, 11) is 0. The van der Waals surface area contributed by atoms with Crippen LogP contribution in [0.4, 0.5) is 20.2 Å². The third-order valence-corrected chi connectivity index (χ3v) is 6.90. The van der Waals surface area contributed by atoms with E-state index in [1.54, 1.807) is 6.20 Å². The molecule has 192 valence electrons. The average molecular weight is 513 g/mol. The zero-order valence-corrected chi connectivity index (χ0v) is 20.9. The maximum absolute atomic E-state index is 15.3. The fraction of sp³-hybridized carbons (Fsp3) is 0.233. The van der Waals surface area contributed by atoms with Gasteiger partial charge in [-0.3, -0.25) is 9.97 Å². The highest BCUT2D eigenvalue weighted by Crippen LogP contribution is 2.39. The number of hydrogen-bond acceptors (Lipinski definition) is 6. The van der Waals surface area contributed by atoms with Gasteiger partial charge in [0.25, 0.3) is 0 Å². The van der Waals surface area contributed by atoms with Gasteiger partial charge in [0.15, 0.2) is 0 Å². The van der Waals surface area contributed by atoms with Crippen LogP contribution in [0.25, 0.3) is 33.4 Å². The largest absolute Gasteiger partial charge is 0.377 e. The fourth-order valence-corrected chi connectivity index (χ4v) is 4.97. The quantitative estimate of drug-likeness (QED) is 0.324. The summed E-state index contributed by atoms with van der Waals surface area (Å²) >= 11 is 0. The monoisotopic (exact) mass is 512 g/mol. The molecule has 6 rings (SSSR count). The molecule has 0 saturated heterocycles. The number of halogens is 2. The Kier molecular flexibility index (Phi) is 6.66. The van der Waals surface area contributed by atoms with Gasteiger partial charge < -0.3 is 14.8 Å². The SMILES string of the molecule is Cc1c(-c2ccccn2)nc2cc(F)cc(F)c2c1Nc1cc(C2=CCOCC2)cnc1C1=CCOCC1. The third-order valence-electron chi connectivity index (χ3n) is 6.90. The molecule has 0 fully saturated rings. The number of aromatic nitrogens is 3.